The van der Waals surface area contributed by atoms with Gasteiger partial charge in [-0.3, -0.25) is 14.5 Å². The van der Waals surface area contributed by atoms with Gasteiger partial charge in [0.05, 0.1) is 17.5 Å². The van der Waals surface area contributed by atoms with E-state index in [4.69, 9.17) is 0 Å². The maximum atomic E-state index is 12.0. The van der Waals surface area contributed by atoms with Crippen LogP contribution in [0, 0.1) is 0 Å². The van der Waals surface area contributed by atoms with E-state index in [0.29, 0.717) is 12.1 Å². The van der Waals surface area contributed by atoms with Crippen molar-refractivity contribution in [3.8, 4) is 11.3 Å². The summed E-state index contributed by atoms with van der Waals surface area (Å²) in [6.45, 7) is 1.62. The Hall–Kier alpha value is -2.21. The topological polar surface area (TPSA) is 63.1 Å². The SMILES string of the molecule is CN(C)CCCNC(=O)c1ccc(-c2cnn(C)c2)nc1. The fraction of sp³-hybridized carbons (Fsp3) is 0.400. The van der Waals surface area contributed by atoms with E-state index in [0.717, 1.165) is 24.2 Å². The molecule has 2 aromatic heterocycles. The summed E-state index contributed by atoms with van der Waals surface area (Å²) < 4.78 is 1.72. The van der Waals surface area contributed by atoms with Crippen LogP contribution in [0.25, 0.3) is 11.3 Å². The fourth-order valence-electron chi connectivity index (χ4n) is 1.95. The van der Waals surface area contributed by atoms with Crippen molar-refractivity contribution in [1.82, 2.24) is 25.0 Å². The van der Waals surface area contributed by atoms with Crippen LogP contribution in [0.2, 0.25) is 0 Å². The van der Waals surface area contributed by atoms with Gasteiger partial charge in [0, 0.05) is 31.5 Å². The summed E-state index contributed by atoms with van der Waals surface area (Å²) in [7, 11) is 5.89. The Bertz CT molecular complexity index is 588. The van der Waals surface area contributed by atoms with Crippen molar-refractivity contribution in [2.24, 2.45) is 7.05 Å². The third-order valence-electron chi connectivity index (χ3n) is 3.09. The van der Waals surface area contributed by atoms with Crippen molar-refractivity contribution in [2.75, 3.05) is 27.2 Å². The minimum atomic E-state index is -0.0843. The Balaban J connectivity index is 1.91. The van der Waals surface area contributed by atoms with Gasteiger partial charge in [0.25, 0.3) is 5.91 Å². The zero-order chi connectivity index (χ0) is 15.2. The number of pyridine rings is 1. The first-order valence-electron chi connectivity index (χ1n) is 6.94. The lowest BCUT2D eigenvalue weighted by atomic mass is 10.2. The first kappa shape index (κ1) is 15.2. The standard InChI is InChI=1S/C15H21N5O/c1-19(2)8-4-7-16-15(21)12-5-6-14(17-9-12)13-10-18-20(3)11-13/h5-6,9-11H,4,7-8H2,1-3H3,(H,16,21). The molecular formula is C15H21N5O. The van der Waals surface area contributed by atoms with Gasteiger partial charge in [-0.1, -0.05) is 0 Å². The van der Waals surface area contributed by atoms with Crippen LogP contribution in [0.4, 0.5) is 0 Å². The second-order valence-electron chi connectivity index (χ2n) is 5.25. The van der Waals surface area contributed by atoms with Gasteiger partial charge in [0.15, 0.2) is 0 Å². The molecule has 0 aliphatic heterocycles. The minimum absolute atomic E-state index is 0.0843. The van der Waals surface area contributed by atoms with Crippen LogP contribution >= 0.6 is 0 Å². The van der Waals surface area contributed by atoms with Crippen LogP contribution in [0.15, 0.2) is 30.7 Å². The van der Waals surface area contributed by atoms with E-state index >= 15 is 0 Å². The van der Waals surface area contributed by atoms with E-state index in [9.17, 15) is 4.79 Å². The highest BCUT2D eigenvalue weighted by molar-refractivity contribution is 5.94. The lowest BCUT2D eigenvalue weighted by Gasteiger charge is -2.09. The Morgan fingerprint density at radius 1 is 1.33 bits per heavy atom. The van der Waals surface area contributed by atoms with Crippen LogP contribution in [0.5, 0.6) is 0 Å². The van der Waals surface area contributed by atoms with Crippen molar-refractivity contribution in [3.05, 3.63) is 36.3 Å². The Labute approximate surface area is 124 Å². The van der Waals surface area contributed by atoms with Crippen molar-refractivity contribution < 1.29 is 4.79 Å². The molecule has 21 heavy (non-hydrogen) atoms. The molecular weight excluding hydrogens is 266 g/mol. The molecule has 0 unspecified atom stereocenters. The summed E-state index contributed by atoms with van der Waals surface area (Å²) in [6.07, 6.45) is 6.18. The molecule has 112 valence electrons. The number of carbonyl (C=O) groups is 1. The number of rotatable bonds is 6. The monoisotopic (exact) mass is 287 g/mol. The molecule has 2 rings (SSSR count). The highest BCUT2D eigenvalue weighted by Crippen LogP contribution is 2.15. The first-order valence-corrected chi connectivity index (χ1v) is 6.94. The van der Waals surface area contributed by atoms with Gasteiger partial charge in [-0.05, 0) is 39.2 Å². The maximum Gasteiger partial charge on any atom is 0.252 e. The van der Waals surface area contributed by atoms with Gasteiger partial charge in [-0.15, -0.1) is 0 Å². The van der Waals surface area contributed by atoms with Gasteiger partial charge in [-0.25, -0.2) is 0 Å². The number of aryl methyl sites for hydroxylation is 1. The molecule has 6 nitrogen and oxygen atoms in total. The normalized spacial score (nSPS) is 10.9. The summed E-state index contributed by atoms with van der Waals surface area (Å²) in [4.78, 5) is 18.4. The summed E-state index contributed by atoms with van der Waals surface area (Å²) in [5.41, 5.74) is 2.33. The molecule has 1 N–H and O–H groups in total. The zero-order valence-electron chi connectivity index (χ0n) is 12.7. The number of hydrogen-bond donors (Lipinski definition) is 1. The Morgan fingerprint density at radius 3 is 2.71 bits per heavy atom. The highest BCUT2D eigenvalue weighted by atomic mass is 16.1. The number of nitrogens with one attached hydrogen (secondary N) is 1. The largest absolute Gasteiger partial charge is 0.352 e. The van der Waals surface area contributed by atoms with Crippen molar-refractivity contribution in [2.45, 2.75) is 6.42 Å². The van der Waals surface area contributed by atoms with E-state index in [1.807, 2.05) is 33.4 Å². The first-order chi connectivity index (χ1) is 10.1. The van der Waals surface area contributed by atoms with Crippen LogP contribution in [0.1, 0.15) is 16.8 Å². The fourth-order valence-corrected chi connectivity index (χ4v) is 1.95. The number of amides is 1. The smallest absolute Gasteiger partial charge is 0.252 e. The molecule has 2 heterocycles. The number of hydrogen-bond acceptors (Lipinski definition) is 4. The number of carbonyl (C=O) groups excluding carboxylic acids is 1. The van der Waals surface area contributed by atoms with Crippen LogP contribution in [-0.2, 0) is 7.05 Å². The summed E-state index contributed by atoms with van der Waals surface area (Å²) in [5, 5.41) is 7.00. The van der Waals surface area contributed by atoms with Crippen LogP contribution in [0.3, 0.4) is 0 Å². The van der Waals surface area contributed by atoms with Gasteiger partial charge in [-0.2, -0.15) is 5.10 Å². The maximum absolute atomic E-state index is 12.0. The van der Waals surface area contributed by atoms with Gasteiger partial charge in [0.1, 0.15) is 0 Å². The molecule has 0 radical (unpaired) electrons. The Morgan fingerprint density at radius 2 is 2.14 bits per heavy atom. The zero-order valence-corrected chi connectivity index (χ0v) is 12.7. The predicted molar refractivity (Wildman–Crippen MR) is 81.9 cm³/mol. The molecule has 6 heteroatoms. The molecule has 0 aliphatic carbocycles. The highest BCUT2D eigenvalue weighted by Gasteiger charge is 2.07. The molecule has 0 aromatic carbocycles. The molecule has 1 amide bonds. The number of nitrogens with zero attached hydrogens (tertiary/aromatic N) is 4. The number of aromatic nitrogens is 3. The minimum Gasteiger partial charge on any atom is -0.352 e. The van der Waals surface area contributed by atoms with E-state index < -0.39 is 0 Å². The molecule has 0 saturated carbocycles. The second kappa shape index (κ2) is 6.99. The van der Waals surface area contributed by atoms with E-state index in [1.54, 1.807) is 23.1 Å². The molecule has 2 aromatic rings. The van der Waals surface area contributed by atoms with Crippen molar-refractivity contribution >= 4 is 5.91 Å². The quantitative estimate of drug-likeness (QED) is 0.810. The average molecular weight is 287 g/mol. The second-order valence-corrected chi connectivity index (χ2v) is 5.25. The molecule has 0 atom stereocenters. The lowest BCUT2D eigenvalue weighted by Crippen LogP contribution is -2.27. The van der Waals surface area contributed by atoms with E-state index in [1.165, 1.54) is 0 Å². The van der Waals surface area contributed by atoms with E-state index in [-0.39, 0.29) is 5.91 Å². The summed E-state index contributed by atoms with van der Waals surface area (Å²) >= 11 is 0. The molecule has 0 bridgehead atoms. The molecule has 0 spiro atoms. The molecule has 0 fully saturated rings. The van der Waals surface area contributed by atoms with E-state index in [2.05, 4.69) is 20.3 Å². The van der Waals surface area contributed by atoms with Crippen molar-refractivity contribution in [3.63, 3.8) is 0 Å². The van der Waals surface area contributed by atoms with Crippen LogP contribution in [-0.4, -0.2) is 52.8 Å². The third-order valence-corrected chi connectivity index (χ3v) is 3.09. The average Bonchev–Trinajstić information content (AvgIpc) is 2.90. The van der Waals surface area contributed by atoms with Crippen LogP contribution < -0.4 is 5.32 Å². The summed E-state index contributed by atoms with van der Waals surface area (Å²) in [6, 6.07) is 3.63. The van der Waals surface area contributed by atoms with Gasteiger partial charge < -0.3 is 10.2 Å². The predicted octanol–water partition coefficient (Wildman–Crippen LogP) is 1.16. The summed E-state index contributed by atoms with van der Waals surface area (Å²) in [5.74, 6) is -0.0843. The molecule has 0 saturated heterocycles. The van der Waals surface area contributed by atoms with Crippen molar-refractivity contribution in [1.29, 1.82) is 0 Å². The molecule has 0 aliphatic rings. The lowest BCUT2D eigenvalue weighted by molar-refractivity contribution is 0.0952. The third kappa shape index (κ3) is 4.39. The Kier molecular flexibility index (Phi) is 5.05. The van der Waals surface area contributed by atoms with Gasteiger partial charge in [0.2, 0.25) is 0 Å². The van der Waals surface area contributed by atoms with Gasteiger partial charge >= 0.3 is 0 Å².